The summed E-state index contributed by atoms with van der Waals surface area (Å²) in [5, 5.41) is 6.13. The summed E-state index contributed by atoms with van der Waals surface area (Å²) < 4.78 is 4.91. The van der Waals surface area contributed by atoms with Gasteiger partial charge in [-0.05, 0) is 55.5 Å². The lowest BCUT2D eigenvalue weighted by Gasteiger charge is -2.07. The molecular formula is C20H21ClN2O4S. The molecule has 0 fully saturated rings. The van der Waals surface area contributed by atoms with Gasteiger partial charge in [-0.1, -0.05) is 11.6 Å². The molecule has 148 valence electrons. The van der Waals surface area contributed by atoms with E-state index in [-0.39, 0.29) is 17.6 Å². The Morgan fingerprint density at radius 2 is 1.50 bits per heavy atom. The molecule has 0 unspecified atom stereocenters. The molecule has 0 atom stereocenters. The van der Waals surface area contributed by atoms with Crippen molar-refractivity contribution in [2.24, 2.45) is 0 Å². The van der Waals surface area contributed by atoms with Gasteiger partial charge >= 0.3 is 5.97 Å². The number of ether oxygens (including phenoxy) is 1. The fourth-order valence-corrected chi connectivity index (χ4v) is 3.05. The monoisotopic (exact) mass is 420 g/mol. The van der Waals surface area contributed by atoms with Gasteiger partial charge in [0.15, 0.2) is 0 Å². The number of amides is 2. The number of benzene rings is 2. The van der Waals surface area contributed by atoms with Crippen molar-refractivity contribution in [3.05, 3.63) is 59.1 Å². The third kappa shape index (κ3) is 7.62. The molecule has 0 heterocycles. The first-order valence-corrected chi connectivity index (χ1v) is 10.2. The third-order valence-electron chi connectivity index (χ3n) is 3.51. The Kier molecular flexibility index (Phi) is 8.84. The summed E-state index contributed by atoms with van der Waals surface area (Å²) in [5.74, 6) is 0.0623. The Hall–Kier alpha value is -2.51. The molecular weight excluding hydrogens is 400 g/mol. The normalized spacial score (nSPS) is 10.2. The molecule has 0 spiro atoms. The molecule has 2 rings (SSSR count). The Bertz CT molecular complexity index is 810. The second-order valence-electron chi connectivity index (χ2n) is 5.70. The lowest BCUT2D eigenvalue weighted by atomic mass is 10.2. The molecule has 0 saturated carbocycles. The first-order chi connectivity index (χ1) is 13.5. The summed E-state index contributed by atoms with van der Waals surface area (Å²) >= 11 is 7.17. The predicted molar refractivity (Wildman–Crippen MR) is 113 cm³/mol. The van der Waals surface area contributed by atoms with E-state index in [0.29, 0.717) is 40.7 Å². The van der Waals surface area contributed by atoms with Gasteiger partial charge in [0.05, 0.1) is 17.9 Å². The van der Waals surface area contributed by atoms with E-state index in [9.17, 15) is 14.4 Å². The molecule has 6 nitrogen and oxygen atoms in total. The average molecular weight is 421 g/mol. The molecule has 2 aromatic rings. The minimum absolute atomic E-state index is 0.121. The van der Waals surface area contributed by atoms with Crippen molar-refractivity contribution in [2.75, 3.05) is 28.7 Å². The lowest BCUT2D eigenvalue weighted by molar-refractivity contribution is -0.116. The van der Waals surface area contributed by atoms with E-state index in [0.717, 1.165) is 0 Å². The van der Waals surface area contributed by atoms with Crippen LogP contribution in [0.2, 0.25) is 5.02 Å². The fraction of sp³-hybridized carbons (Fsp3) is 0.250. The maximum atomic E-state index is 12.0. The van der Waals surface area contributed by atoms with Gasteiger partial charge in [0, 0.05) is 28.6 Å². The fourth-order valence-electron chi connectivity index (χ4n) is 2.19. The van der Waals surface area contributed by atoms with Crippen LogP contribution in [0.3, 0.4) is 0 Å². The van der Waals surface area contributed by atoms with E-state index in [1.54, 1.807) is 55.5 Å². The van der Waals surface area contributed by atoms with Crippen LogP contribution in [0.15, 0.2) is 48.5 Å². The first-order valence-electron chi connectivity index (χ1n) is 8.68. The second-order valence-corrected chi connectivity index (χ2v) is 7.25. The molecule has 0 aliphatic rings. The smallest absolute Gasteiger partial charge is 0.338 e. The highest BCUT2D eigenvalue weighted by Gasteiger charge is 2.08. The van der Waals surface area contributed by atoms with Gasteiger partial charge in [0.25, 0.3) is 0 Å². The maximum absolute atomic E-state index is 12.0. The van der Waals surface area contributed by atoms with Crippen LogP contribution in [-0.2, 0) is 14.3 Å². The highest BCUT2D eigenvalue weighted by molar-refractivity contribution is 7.99. The molecule has 0 saturated heterocycles. The predicted octanol–water partition coefficient (Wildman–Crippen LogP) is 4.22. The first kappa shape index (κ1) is 21.8. The summed E-state index contributed by atoms with van der Waals surface area (Å²) in [7, 11) is 0. The zero-order valence-electron chi connectivity index (χ0n) is 15.4. The standard InChI is InChI=1S/C20H21ClN2O4S/c1-2-27-20(26)14-3-7-16(8-4-14)23-19(25)13-28-12-11-18(24)22-17-9-5-15(21)6-10-17/h3-10H,2,11-13H2,1H3,(H,22,24)(H,23,25). The van der Waals surface area contributed by atoms with E-state index in [4.69, 9.17) is 16.3 Å². The Morgan fingerprint density at radius 1 is 0.929 bits per heavy atom. The molecule has 0 aliphatic heterocycles. The van der Waals surface area contributed by atoms with Gasteiger partial charge in [0.1, 0.15) is 0 Å². The molecule has 2 aromatic carbocycles. The molecule has 2 N–H and O–H groups in total. The molecule has 0 radical (unpaired) electrons. The lowest BCUT2D eigenvalue weighted by Crippen LogP contribution is -2.16. The number of rotatable bonds is 9. The molecule has 2 amide bonds. The summed E-state index contributed by atoms with van der Waals surface area (Å²) in [5.41, 5.74) is 1.71. The minimum Gasteiger partial charge on any atom is -0.462 e. The van der Waals surface area contributed by atoms with Crippen LogP contribution < -0.4 is 10.6 Å². The van der Waals surface area contributed by atoms with Crippen LogP contribution in [0, 0.1) is 0 Å². The summed E-state index contributed by atoms with van der Waals surface area (Å²) in [6, 6.07) is 13.4. The van der Waals surface area contributed by atoms with Gasteiger partial charge in [-0.25, -0.2) is 4.79 Å². The van der Waals surface area contributed by atoms with Gasteiger partial charge in [-0.15, -0.1) is 0 Å². The van der Waals surface area contributed by atoms with Crippen LogP contribution in [0.25, 0.3) is 0 Å². The number of carbonyl (C=O) groups is 3. The van der Waals surface area contributed by atoms with Crippen molar-refractivity contribution < 1.29 is 19.1 Å². The maximum Gasteiger partial charge on any atom is 0.338 e. The number of hydrogen-bond acceptors (Lipinski definition) is 5. The van der Waals surface area contributed by atoms with Gasteiger partial charge in [-0.2, -0.15) is 11.8 Å². The quantitative estimate of drug-likeness (QED) is 0.468. The second kappa shape index (κ2) is 11.4. The zero-order valence-corrected chi connectivity index (χ0v) is 16.9. The van der Waals surface area contributed by atoms with E-state index < -0.39 is 5.97 Å². The van der Waals surface area contributed by atoms with Crippen LogP contribution in [-0.4, -0.2) is 35.9 Å². The van der Waals surface area contributed by atoms with E-state index in [1.807, 2.05) is 0 Å². The largest absolute Gasteiger partial charge is 0.462 e. The van der Waals surface area contributed by atoms with Gasteiger partial charge in [-0.3, -0.25) is 9.59 Å². The molecule has 8 heteroatoms. The number of anilines is 2. The van der Waals surface area contributed by atoms with Gasteiger partial charge in [0.2, 0.25) is 11.8 Å². The van der Waals surface area contributed by atoms with Crippen LogP contribution in [0.1, 0.15) is 23.7 Å². The number of thioether (sulfide) groups is 1. The molecule has 28 heavy (non-hydrogen) atoms. The number of carbonyl (C=O) groups excluding carboxylic acids is 3. The summed E-state index contributed by atoms with van der Waals surface area (Å²) in [6.45, 7) is 2.05. The number of halogens is 1. The van der Waals surface area contributed by atoms with Crippen molar-refractivity contribution in [1.29, 1.82) is 0 Å². The van der Waals surface area contributed by atoms with Crippen LogP contribution in [0.4, 0.5) is 11.4 Å². The van der Waals surface area contributed by atoms with E-state index in [1.165, 1.54) is 11.8 Å². The third-order valence-corrected chi connectivity index (χ3v) is 4.73. The van der Waals surface area contributed by atoms with Crippen molar-refractivity contribution >= 4 is 52.5 Å². The topological polar surface area (TPSA) is 84.5 Å². The van der Waals surface area contributed by atoms with Crippen LogP contribution in [0.5, 0.6) is 0 Å². The molecule has 0 aromatic heterocycles. The van der Waals surface area contributed by atoms with Crippen molar-refractivity contribution in [3.8, 4) is 0 Å². The highest BCUT2D eigenvalue weighted by Crippen LogP contribution is 2.14. The van der Waals surface area contributed by atoms with Crippen molar-refractivity contribution in [1.82, 2.24) is 0 Å². The Labute approximate surface area is 173 Å². The number of esters is 1. The van der Waals surface area contributed by atoms with E-state index >= 15 is 0 Å². The van der Waals surface area contributed by atoms with Crippen molar-refractivity contribution in [2.45, 2.75) is 13.3 Å². The average Bonchev–Trinajstić information content (AvgIpc) is 2.68. The molecule has 0 aliphatic carbocycles. The minimum atomic E-state index is -0.396. The van der Waals surface area contributed by atoms with Gasteiger partial charge < -0.3 is 15.4 Å². The summed E-state index contributed by atoms with van der Waals surface area (Å²) in [6.07, 6.45) is 0.300. The Morgan fingerprint density at radius 3 is 2.11 bits per heavy atom. The highest BCUT2D eigenvalue weighted by atomic mass is 35.5. The van der Waals surface area contributed by atoms with E-state index in [2.05, 4.69) is 10.6 Å². The van der Waals surface area contributed by atoms with Crippen molar-refractivity contribution in [3.63, 3.8) is 0 Å². The molecule has 0 bridgehead atoms. The SMILES string of the molecule is CCOC(=O)c1ccc(NC(=O)CSCCC(=O)Nc2ccc(Cl)cc2)cc1. The number of nitrogens with one attached hydrogen (secondary N) is 2. The summed E-state index contributed by atoms with van der Waals surface area (Å²) in [4.78, 5) is 35.4. The Balaban J connectivity index is 1.66. The van der Waals surface area contributed by atoms with Crippen LogP contribution >= 0.6 is 23.4 Å². The zero-order chi connectivity index (χ0) is 20.4. The number of hydrogen-bond donors (Lipinski definition) is 2.